The van der Waals surface area contributed by atoms with Crippen LogP contribution in [-0.4, -0.2) is 12.6 Å². The first-order valence-electron chi connectivity index (χ1n) is 6.50. The molecular weight excluding hydrogens is 292 g/mol. The van der Waals surface area contributed by atoms with E-state index in [1.165, 1.54) is 11.1 Å². The molecule has 1 heterocycles. The molecule has 3 nitrogen and oxygen atoms in total. The maximum absolute atomic E-state index is 5.75. The first-order chi connectivity index (χ1) is 8.60. The molecule has 100 valence electrons. The highest BCUT2D eigenvalue weighted by Crippen LogP contribution is 2.34. The van der Waals surface area contributed by atoms with Gasteiger partial charge in [0.15, 0.2) is 0 Å². The Morgan fingerprint density at radius 1 is 1.44 bits per heavy atom. The molecule has 4 heteroatoms. The summed E-state index contributed by atoms with van der Waals surface area (Å²) in [6.45, 7) is 5.22. The molecule has 0 bridgehead atoms. The molecule has 0 saturated carbocycles. The number of halogens is 1. The van der Waals surface area contributed by atoms with E-state index in [1.54, 1.807) is 0 Å². The first-order valence-corrected chi connectivity index (χ1v) is 7.29. The molecule has 1 aliphatic rings. The van der Waals surface area contributed by atoms with Crippen molar-refractivity contribution < 1.29 is 4.74 Å². The zero-order valence-electron chi connectivity index (χ0n) is 11.0. The van der Waals surface area contributed by atoms with Gasteiger partial charge in [0, 0.05) is 16.9 Å². The predicted molar refractivity (Wildman–Crippen MR) is 77.6 cm³/mol. The summed E-state index contributed by atoms with van der Waals surface area (Å²) in [7, 11) is 0. The Morgan fingerprint density at radius 2 is 2.22 bits per heavy atom. The van der Waals surface area contributed by atoms with Gasteiger partial charge in [0.1, 0.15) is 5.75 Å². The van der Waals surface area contributed by atoms with Crippen LogP contribution >= 0.6 is 15.9 Å². The maximum atomic E-state index is 5.75. The minimum absolute atomic E-state index is 0.299. The highest BCUT2D eigenvalue weighted by molar-refractivity contribution is 9.10. The van der Waals surface area contributed by atoms with Crippen LogP contribution in [0.5, 0.6) is 5.75 Å². The largest absolute Gasteiger partial charge is 0.493 e. The molecule has 0 saturated heterocycles. The number of hydrogen-bond acceptors (Lipinski definition) is 3. The number of nitrogens with two attached hydrogens (primary N) is 1. The van der Waals surface area contributed by atoms with Crippen molar-refractivity contribution >= 4 is 15.9 Å². The zero-order valence-corrected chi connectivity index (χ0v) is 12.6. The van der Waals surface area contributed by atoms with Crippen molar-refractivity contribution in [3.05, 3.63) is 27.7 Å². The van der Waals surface area contributed by atoms with Crippen LogP contribution < -0.4 is 16.0 Å². The predicted octanol–water partition coefficient (Wildman–Crippen LogP) is 2.80. The molecule has 0 fully saturated rings. The topological polar surface area (TPSA) is 47.3 Å². The average Bonchev–Trinajstić information content (AvgIpc) is 2.75. The quantitative estimate of drug-likeness (QED) is 0.649. The van der Waals surface area contributed by atoms with Crippen LogP contribution in [0.1, 0.15) is 31.4 Å². The van der Waals surface area contributed by atoms with E-state index in [1.807, 2.05) is 0 Å². The van der Waals surface area contributed by atoms with Gasteiger partial charge in [0.05, 0.1) is 6.61 Å². The Balaban J connectivity index is 2.18. The summed E-state index contributed by atoms with van der Waals surface area (Å²) in [5, 5.41) is 0. The summed E-state index contributed by atoms with van der Waals surface area (Å²) >= 11 is 3.57. The van der Waals surface area contributed by atoms with Gasteiger partial charge in [-0.3, -0.25) is 11.3 Å². The molecule has 1 aromatic rings. The standard InChI is InChI=1S/C14H21BrN2O/c1-9(2)5-13(17-16)8-11-7-12(15)6-10-3-4-18-14(10)11/h6-7,9,13,17H,3-5,8,16H2,1-2H3. The van der Waals surface area contributed by atoms with Crippen molar-refractivity contribution in [2.24, 2.45) is 11.8 Å². The number of rotatable bonds is 5. The highest BCUT2D eigenvalue weighted by Gasteiger charge is 2.20. The van der Waals surface area contributed by atoms with Crippen molar-refractivity contribution in [2.75, 3.05) is 6.61 Å². The van der Waals surface area contributed by atoms with E-state index in [-0.39, 0.29) is 0 Å². The molecule has 0 spiro atoms. The second-order valence-electron chi connectivity index (χ2n) is 5.35. The fraction of sp³-hybridized carbons (Fsp3) is 0.571. The van der Waals surface area contributed by atoms with E-state index in [2.05, 4.69) is 47.3 Å². The van der Waals surface area contributed by atoms with Crippen molar-refractivity contribution in [3.8, 4) is 5.75 Å². The van der Waals surface area contributed by atoms with Gasteiger partial charge in [0.2, 0.25) is 0 Å². The van der Waals surface area contributed by atoms with E-state index in [4.69, 9.17) is 10.6 Å². The van der Waals surface area contributed by atoms with Gasteiger partial charge >= 0.3 is 0 Å². The molecular formula is C14H21BrN2O. The van der Waals surface area contributed by atoms with Crippen LogP contribution in [0.4, 0.5) is 0 Å². The fourth-order valence-corrected chi connectivity index (χ4v) is 3.10. The van der Waals surface area contributed by atoms with Crippen LogP contribution in [-0.2, 0) is 12.8 Å². The number of benzene rings is 1. The fourth-order valence-electron chi connectivity index (χ4n) is 2.54. The Morgan fingerprint density at radius 3 is 2.89 bits per heavy atom. The molecule has 0 aliphatic carbocycles. The maximum Gasteiger partial charge on any atom is 0.125 e. The number of fused-ring (bicyclic) bond motifs is 1. The summed E-state index contributed by atoms with van der Waals surface area (Å²) in [5.41, 5.74) is 5.48. The Hall–Kier alpha value is -0.580. The normalized spacial score (nSPS) is 15.6. The average molecular weight is 313 g/mol. The number of nitrogens with one attached hydrogen (secondary N) is 1. The molecule has 1 unspecified atom stereocenters. The van der Waals surface area contributed by atoms with E-state index >= 15 is 0 Å². The summed E-state index contributed by atoms with van der Waals surface area (Å²) in [5.74, 6) is 7.35. The summed E-state index contributed by atoms with van der Waals surface area (Å²) in [4.78, 5) is 0. The molecule has 0 aromatic heterocycles. The minimum atomic E-state index is 0.299. The second kappa shape index (κ2) is 6.04. The molecule has 18 heavy (non-hydrogen) atoms. The van der Waals surface area contributed by atoms with Crippen molar-refractivity contribution in [1.82, 2.24) is 5.43 Å². The SMILES string of the molecule is CC(C)CC(Cc1cc(Br)cc2c1OCC2)NN. The van der Waals surface area contributed by atoms with Gasteiger partial charge in [-0.2, -0.15) is 0 Å². The van der Waals surface area contributed by atoms with E-state index in [0.717, 1.165) is 36.1 Å². The van der Waals surface area contributed by atoms with Crippen LogP contribution in [0.25, 0.3) is 0 Å². The van der Waals surface area contributed by atoms with Crippen molar-refractivity contribution in [3.63, 3.8) is 0 Å². The lowest BCUT2D eigenvalue weighted by Gasteiger charge is -2.19. The molecule has 2 rings (SSSR count). The molecule has 1 aromatic carbocycles. The minimum Gasteiger partial charge on any atom is -0.493 e. The van der Waals surface area contributed by atoms with Gasteiger partial charge in [-0.15, -0.1) is 0 Å². The smallest absolute Gasteiger partial charge is 0.125 e. The molecule has 1 atom stereocenters. The van der Waals surface area contributed by atoms with Crippen LogP contribution in [0.2, 0.25) is 0 Å². The van der Waals surface area contributed by atoms with Gasteiger partial charge < -0.3 is 4.74 Å². The number of ether oxygens (including phenoxy) is 1. The lowest BCUT2D eigenvalue weighted by Crippen LogP contribution is -2.37. The summed E-state index contributed by atoms with van der Waals surface area (Å²) < 4.78 is 6.87. The molecule has 3 N–H and O–H groups in total. The van der Waals surface area contributed by atoms with Crippen LogP contribution in [0.15, 0.2) is 16.6 Å². The van der Waals surface area contributed by atoms with E-state index in [0.29, 0.717) is 12.0 Å². The second-order valence-corrected chi connectivity index (χ2v) is 6.26. The van der Waals surface area contributed by atoms with E-state index in [9.17, 15) is 0 Å². The first kappa shape index (κ1) is 13.8. The van der Waals surface area contributed by atoms with Crippen molar-refractivity contribution in [2.45, 2.75) is 39.2 Å². The summed E-state index contributed by atoms with van der Waals surface area (Å²) in [6.07, 6.45) is 2.99. The third kappa shape index (κ3) is 3.25. The number of hydrazine groups is 1. The monoisotopic (exact) mass is 312 g/mol. The van der Waals surface area contributed by atoms with Gasteiger partial charge in [-0.05, 0) is 42.0 Å². The lowest BCUT2D eigenvalue weighted by molar-refractivity contribution is 0.349. The zero-order chi connectivity index (χ0) is 13.1. The third-order valence-corrected chi connectivity index (χ3v) is 3.74. The molecule has 0 amide bonds. The van der Waals surface area contributed by atoms with Gasteiger partial charge in [-0.1, -0.05) is 29.8 Å². The lowest BCUT2D eigenvalue weighted by atomic mass is 9.96. The van der Waals surface area contributed by atoms with Gasteiger partial charge in [0.25, 0.3) is 0 Å². The third-order valence-electron chi connectivity index (χ3n) is 3.28. The van der Waals surface area contributed by atoms with Gasteiger partial charge in [-0.25, -0.2) is 0 Å². The summed E-state index contributed by atoms with van der Waals surface area (Å²) in [6, 6.07) is 4.60. The van der Waals surface area contributed by atoms with E-state index < -0.39 is 0 Å². The number of hydrogen-bond donors (Lipinski definition) is 2. The van der Waals surface area contributed by atoms with Crippen LogP contribution in [0, 0.1) is 5.92 Å². The van der Waals surface area contributed by atoms with Crippen LogP contribution in [0.3, 0.4) is 0 Å². The Kier molecular flexibility index (Phi) is 4.65. The Bertz CT molecular complexity index is 421. The molecule has 0 radical (unpaired) electrons. The van der Waals surface area contributed by atoms with Crippen molar-refractivity contribution in [1.29, 1.82) is 0 Å². The highest BCUT2D eigenvalue weighted by atomic mass is 79.9. The molecule has 1 aliphatic heterocycles. The Labute approximate surface area is 117 Å².